The third-order valence-electron chi connectivity index (χ3n) is 3.52. The number of rotatable bonds is 7. The fourth-order valence-electron chi connectivity index (χ4n) is 2.45. The Balaban J connectivity index is 1.84. The first-order chi connectivity index (χ1) is 9.69. The maximum absolute atomic E-state index is 10.8. The maximum atomic E-state index is 10.8. The summed E-state index contributed by atoms with van der Waals surface area (Å²) >= 11 is 0. The van der Waals surface area contributed by atoms with Gasteiger partial charge in [-0.15, -0.1) is 0 Å². The molecule has 1 aliphatic heterocycles. The molecule has 0 unspecified atom stereocenters. The second-order valence-corrected chi connectivity index (χ2v) is 5.01. The van der Waals surface area contributed by atoms with E-state index >= 15 is 0 Å². The van der Waals surface area contributed by atoms with Crippen molar-refractivity contribution in [1.82, 2.24) is 4.90 Å². The average Bonchev–Trinajstić information content (AvgIpc) is 2.96. The van der Waals surface area contributed by atoms with Crippen molar-refractivity contribution in [1.29, 1.82) is 0 Å². The molecule has 1 aromatic rings. The summed E-state index contributed by atoms with van der Waals surface area (Å²) in [5.74, 6) is 0.501. The monoisotopic (exact) mass is 279 g/mol. The summed E-state index contributed by atoms with van der Waals surface area (Å²) in [6, 6.07) is 4.75. The highest BCUT2D eigenvalue weighted by atomic mass is 16.6. The van der Waals surface area contributed by atoms with Crippen LogP contribution < -0.4 is 10.1 Å². The molecule has 20 heavy (non-hydrogen) atoms. The smallest absolute Gasteiger partial charge is 0.275 e. The quantitative estimate of drug-likeness (QED) is 0.472. The van der Waals surface area contributed by atoms with Crippen LogP contribution in [-0.4, -0.2) is 43.1 Å². The van der Waals surface area contributed by atoms with Crippen LogP contribution in [0.5, 0.6) is 5.75 Å². The molecule has 1 N–H and O–H groups in total. The lowest BCUT2D eigenvalue weighted by molar-refractivity contribution is -0.384. The molecular formula is C14H21N3O3. The molecule has 0 aliphatic carbocycles. The van der Waals surface area contributed by atoms with Crippen LogP contribution in [0.1, 0.15) is 19.3 Å². The van der Waals surface area contributed by atoms with Gasteiger partial charge in [0.1, 0.15) is 5.75 Å². The van der Waals surface area contributed by atoms with E-state index in [4.69, 9.17) is 4.74 Å². The van der Waals surface area contributed by atoms with Crippen molar-refractivity contribution in [3.63, 3.8) is 0 Å². The van der Waals surface area contributed by atoms with E-state index in [2.05, 4.69) is 10.2 Å². The Kier molecular flexibility index (Phi) is 5.17. The van der Waals surface area contributed by atoms with Crippen molar-refractivity contribution in [3.8, 4) is 5.75 Å². The molecule has 0 bridgehead atoms. The zero-order chi connectivity index (χ0) is 14.4. The molecule has 0 atom stereocenters. The second-order valence-electron chi connectivity index (χ2n) is 5.01. The molecule has 0 saturated carbocycles. The number of methoxy groups -OCH3 is 1. The van der Waals surface area contributed by atoms with Crippen LogP contribution in [0.15, 0.2) is 18.2 Å². The van der Waals surface area contributed by atoms with E-state index in [-0.39, 0.29) is 5.69 Å². The van der Waals surface area contributed by atoms with Gasteiger partial charge >= 0.3 is 0 Å². The van der Waals surface area contributed by atoms with Crippen LogP contribution in [0.3, 0.4) is 0 Å². The lowest BCUT2D eigenvalue weighted by atomic mass is 10.2. The fourth-order valence-corrected chi connectivity index (χ4v) is 2.45. The highest BCUT2D eigenvalue weighted by Gasteiger charge is 2.11. The van der Waals surface area contributed by atoms with Crippen LogP contribution in [-0.2, 0) is 0 Å². The summed E-state index contributed by atoms with van der Waals surface area (Å²) in [5, 5.41) is 14.1. The van der Waals surface area contributed by atoms with Gasteiger partial charge in [0.25, 0.3) is 5.69 Å². The van der Waals surface area contributed by atoms with Gasteiger partial charge in [0.15, 0.2) is 0 Å². The van der Waals surface area contributed by atoms with Gasteiger partial charge in [-0.25, -0.2) is 0 Å². The van der Waals surface area contributed by atoms with E-state index in [1.807, 2.05) is 0 Å². The van der Waals surface area contributed by atoms with E-state index in [1.165, 1.54) is 39.1 Å². The number of nitrogens with zero attached hydrogens (tertiary/aromatic N) is 2. The second kappa shape index (κ2) is 7.09. The van der Waals surface area contributed by atoms with E-state index < -0.39 is 4.92 Å². The molecule has 1 fully saturated rings. The van der Waals surface area contributed by atoms with E-state index in [0.717, 1.165) is 25.2 Å². The zero-order valence-electron chi connectivity index (χ0n) is 11.8. The summed E-state index contributed by atoms with van der Waals surface area (Å²) in [6.45, 7) is 4.29. The van der Waals surface area contributed by atoms with Crippen molar-refractivity contribution >= 4 is 11.4 Å². The third-order valence-corrected chi connectivity index (χ3v) is 3.52. The number of hydrogen-bond acceptors (Lipinski definition) is 5. The van der Waals surface area contributed by atoms with Gasteiger partial charge in [0, 0.05) is 24.4 Å². The minimum absolute atomic E-state index is 0.0476. The molecular weight excluding hydrogens is 258 g/mol. The summed E-state index contributed by atoms with van der Waals surface area (Å²) in [7, 11) is 1.51. The number of nitro groups is 1. The predicted molar refractivity (Wildman–Crippen MR) is 78.4 cm³/mol. The van der Waals surface area contributed by atoms with Crippen molar-refractivity contribution < 1.29 is 9.66 Å². The molecule has 1 aromatic carbocycles. The molecule has 6 nitrogen and oxygen atoms in total. The average molecular weight is 279 g/mol. The summed E-state index contributed by atoms with van der Waals surface area (Å²) in [5.41, 5.74) is 0.781. The van der Waals surface area contributed by atoms with Crippen LogP contribution in [0.25, 0.3) is 0 Å². The number of hydrogen-bond donors (Lipinski definition) is 1. The normalized spacial score (nSPS) is 15.2. The number of non-ortho nitro benzene ring substituents is 1. The number of nitrogens with one attached hydrogen (secondary N) is 1. The third kappa shape index (κ3) is 4.09. The topological polar surface area (TPSA) is 67.6 Å². The fraction of sp³-hybridized carbons (Fsp3) is 0.571. The predicted octanol–water partition coefficient (Wildman–Crippen LogP) is 2.50. The molecule has 2 rings (SSSR count). The first-order valence-corrected chi connectivity index (χ1v) is 6.99. The van der Waals surface area contributed by atoms with Gasteiger partial charge in [-0.05, 0) is 38.9 Å². The van der Waals surface area contributed by atoms with Crippen LogP contribution >= 0.6 is 0 Å². The molecule has 0 spiro atoms. The molecule has 1 saturated heterocycles. The van der Waals surface area contributed by atoms with Gasteiger partial charge in [0.2, 0.25) is 0 Å². The Hall–Kier alpha value is -1.82. The number of ether oxygens (including phenoxy) is 1. The van der Waals surface area contributed by atoms with Crippen molar-refractivity contribution in [2.24, 2.45) is 0 Å². The number of likely N-dealkylation sites (tertiary alicyclic amines) is 1. The molecule has 1 heterocycles. The van der Waals surface area contributed by atoms with Crippen LogP contribution in [0, 0.1) is 10.1 Å². The first-order valence-electron chi connectivity index (χ1n) is 6.99. The number of nitro benzene ring substituents is 1. The Labute approximate surface area is 118 Å². The summed E-state index contributed by atoms with van der Waals surface area (Å²) < 4.78 is 5.08. The molecule has 6 heteroatoms. The Morgan fingerprint density at radius 3 is 2.75 bits per heavy atom. The van der Waals surface area contributed by atoms with Crippen LogP contribution in [0.4, 0.5) is 11.4 Å². The summed E-state index contributed by atoms with van der Waals surface area (Å²) in [4.78, 5) is 12.9. The van der Waals surface area contributed by atoms with Crippen molar-refractivity contribution in [2.45, 2.75) is 19.3 Å². The first kappa shape index (κ1) is 14.6. The number of benzene rings is 1. The van der Waals surface area contributed by atoms with Gasteiger partial charge in [-0.3, -0.25) is 10.1 Å². The molecule has 0 aromatic heterocycles. The van der Waals surface area contributed by atoms with E-state index in [0.29, 0.717) is 5.75 Å². The van der Waals surface area contributed by atoms with E-state index in [9.17, 15) is 10.1 Å². The lowest BCUT2D eigenvalue weighted by Crippen LogP contribution is -2.22. The van der Waals surface area contributed by atoms with Crippen LogP contribution in [0.2, 0.25) is 0 Å². The molecule has 110 valence electrons. The highest BCUT2D eigenvalue weighted by molar-refractivity contribution is 5.56. The maximum Gasteiger partial charge on any atom is 0.275 e. The minimum Gasteiger partial charge on any atom is -0.496 e. The van der Waals surface area contributed by atoms with Gasteiger partial charge in [-0.1, -0.05) is 0 Å². The number of anilines is 1. The zero-order valence-corrected chi connectivity index (χ0v) is 11.8. The van der Waals surface area contributed by atoms with Crippen molar-refractivity contribution in [2.75, 3.05) is 38.6 Å². The largest absolute Gasteiger partial charge is 0.496 e. The summed E-state index contributed by atoms with van der Waals surface area (Å²) in [6.07, 6.45) is 3.63. The highest BCUT2D eigenvalue weighted by Crippen LogP contribution is 2.25. The van der Waals surface area contributed by atoms with Gasteiger partial charge in [0.05, 0.1) is 18.1 Å². The molecule has 1 aliphatic rings. The lowest BCUT2D eigenvalue weighted by Gasteiger charge is -2.14. The van der Waals surface area contributed by atoms with Crippen molar-refractivity contribution in [3.05, 3.63) is 28.3 Å². The SMILES string of the molecule is COc1cc(NCCCN2CCCC2)cc([N+](=O)[O-])c1. The van der Waals surface area contributed by atoms with Gasteiger partial charge in [-0.2, -0.15) is 0 Å². The molecule has 0 amide bonds. The molecule has 0 radical (unpaired) electrons. The Morgan fingerprint density at radius 2 is 2.10 bits per heavy atom. The minimum atomic E-state index is -0.405. The van der Waals surface area contributed by atoms with E-state index in [1.54, 1.807) is 12.1 Å². The van der Waals surface area contributed by atoms with Gasteiger partial charge < -0.3 is 15.0 Å². The standard InChI is InChI=1S/C14H21N3O3/c1-20-14-10-12(9-13(11-14)17(18)19)15-5-4-8-16-6-2-3-7-16/h9-11,15H,2-8H2,1H3. The Bertz CT molecular complexity index is 459. The Morgan fingerprint density at radius 1 is 1.35 bits per heavy atom.